The number of ether oxygens (including phenoxy) is 1. The van der Waals surface area contributed by atoms with E-state index in [-0.39, 0.29) is 22.3 Å². The summed E-state index contributed by atoms with van der Waals surface area (Å²) in [7, 11) is 0. The molecule has 1 N–H and O–H groups in total. The predicted molar refractivity (Wildman–Crippen MR) is 65.5 cm³/mol. The Kier molecular flexibility index (Phi) is 1.79. The first kappa shape index (κ1) is 10.9. The lowest BCUT2D eigenvalue weighted by molar-refractivity contribution is 0.0390. The van der Waals surface area contributed by atoms with Crippen LogP contribution in [0.25, 0.3) is 10.8 Å². The van der Waals surface area contributed by atoms with E-state index in [1.807, 2.05) is 0 Å². The first-order chi connectivity index (χ1) is 9.58. The van der Waals surface area contributed by atoms with Gasteiger partial charge in [-0.05, 0) is 24.3 Å². The molecular formula is C14H5NO5. The topological polar surface area (TPSA) is 89.5 Å². The van der Waals surface area contributed by atoms with Crippen LogP contribution in [-0.4, -0.2) is 23.8 Å². The van der Waals surface area contributed by atoms with Crippen molar-refractivity contribution in [3.63, 3.8) is 0 Å². The van der Waals surface area contributed by atoms with E-state index in [4.69, 9.17) is 0 Å². The zero-order chi connectivity index (χ0) is 14.0. The average molecular weight is 267 g/mol. The van der Waals surface area contributed by atoms with Crippen LogP contribution in [-0.2, 0) is 4.74 Å². The van der Waals surface area contributed by atoms with E-state index in [0.717, 1.165) is 0 Å². The van der Waals surface area contributed by atoms with Crippen molar-refractivity contribution in [1.29, 1.82) is 0 Å². The van der Waals surface area contributed by atoms with Crippen LogP contribution in [0.2, 0.25) is 0 Å². The lowest BCUT2D eigenvalue weighted by Gasteiger charge is -2.21. The molecular weight excluding hydrogens is 262 g/mol. The SMILES string of the molecule is O=C1NC(=O)c2ccc3c4c(ccc1c24)C(=O)OC3=O. The number of rotatable bonds is 0. The Bertz CT molecular complexity index is 742. The van der Waals surface area contributed by atoms with Crippen LogP contribution in [0.1, 0.15) is 41.4 Å². The smallest absolute Gasteiger partial charge is 0.346 e. The fourth-order valence-electron chi connectivity index (χ4n) is 2.65. The lowest BCUT2D eigenvalue weighted by Crippen LogP contribution is -2.35. The average Bonchev–Trinajstić information content (AvgIpc) is 2.42. The quantitative estimate of drug-likeness (QED) is 0.437. The molecule has 2 aromatic carbocycles. The minimum Gasteiger partial charge on any atom is -0.386 e. The molecule has 6 heteroatoms. The summed E-state index contributed by atoms with van der Waals surface area (Å²) in [4.78, 5) is 47.2. The second kappa shape index (κ2) is 3.30. The zero-order valence-electron chi connectivity index (χ0n) is 9.85. The highest BCUT2D eigenvalue weighted by molar-refractivity contribution is 6.31. The van der Waals surface area contributed by atoms with Gasteiger partial charge in [-0.25, -0.2) is 9.59 Å². The molecule has 6 nitrogen and oxygen atoms in total. The molecule has 0 radical (unpaired) electrons. The molecule has 0 aromatic heterocycles. The van der Waals surface area contributed by atoms with Gasteiger partial charge in [0.15, 0.2) is 0 Å². The standard InChI is InChI=1S/C14H5NO5/c16-11-5-1-3-7-10-8(14(19)20-13(7)18)4-2-6(9(5)10)12(17)15-11/h1-4H,(H,15,16,17). The maximum atomic E-state index is 11.8. The largest absolute Gasteiger partial charge is 0.386 e. The number of hydrogen-bond donors (Lipinski definition) is 1. The summed E-state index contributed by atoms with van der Waals surface area (Å²) in [5, 5.41) is 2.86. The number of carbonyl (C=O) groups is 4. The number of imide groups is 1. The minimum atomic E-state index is -0.773. The van der Waals surface area contributed by atoms with Gasteiger partial charge in [0.2, 0.25) is 0 Å². The van der Waals surface area contributed by atoms with Crippen molar-refractivity contribution in [2.75, 3.05) is 0 Å². The maximum Gasteiger partial charge on any atom is 0.346 e. The summed E-state index contributed by atoms with van der Waals surface area (Å²) in [5.41, 5.74) is 0.899. The second-order valence-electron chi connectivity index (χ2n) is 4.53. The summed E-state index contributed by atoms with van der Waals surface area (Å²) in [6.07, 6.45) is 0. The molecule has 4 rings (SSSR count). The summed E-state index contributed by atoms with van der Waals surface area (Å²) in [6, 6.07) is 5.75. The van der Waals surface area contributed by atoms with Crippen LogP contribution >= 0.6 is 0 Å². The van der Waals surface area contributed by atoms with Crippen LogP contribution in [0.4, 0.5) is 0 Å². The van der Waals surface area contributed by atoms with Gasteiger partial charge in [0, 0.05) is 21.9 Å². The van der Waals surface area contributed by atoms with Crippen molar-refractivity contribution in [2.24, 2.45) is 0 Å². The fraction of sp³-hybridized carbons (Fsp3) is 0. The lowest BCUT2D eigenvalue weighted by atomic mass is 9.88. The number of carbonyl (C=O) groups excluding carboxylic acids is 4. The van der Waals surface area contributed by atoms with Gasteiger partial charge in [0.1, 0.15) is 0 Å². The van der Waals surface area contributed by atoms with Gasteiger partial charge < -0.3 is 4.74 Å². The summed E-state index contributed by atoms with van der Waals surface area (Å²) < 4.78 is 4.62. The number of cyclic esters (lactones) is 2. The van der Waals surface area contributed by atoms with Gasteiger partial charge in [0.25, 0.3) is 11.8 Å². The molecule has 2 aromatic rings. The van der Waals surface area contributed by atoms with Crippen LogP contribution in [0, 0.1) is 0 Å². The Hall–Kier alpha value is -3.02. The van der Waals surface area contributed by atoms with Crippen molar-refractivity contribution >= 4 is 34.5 Å². The van der Waals surface area contributed by atoms with E-state index in [0.29, 0.717) is 10.8 Å². The second-order valence-corrected chi connectivity index (χ2v) is 4.53. The Labute approximate surface area is 111 Å². The van der Waals surface area contributed by atoms with Crippen molar-refractivity contribution in [3.05, 3.63) is 46.5 Å². The molecule has 0 fully saturated rings. The van der Waals surface area contributed by atoms with Gasteiger partial charge in [0.05, 0.1) is 11.1 Å². The first-order valence-corrected chi connectivity index (χ1v) is 5.80. The molecule has 0 saturated heterocycles. The Balaban J connectivity index is 2.29. The van der Waals surface area contributed by atoms with Crippen LogP contribution in [0.5, 0.6) is 0 Å². The number of benzene rings is 2. The van der Waals surface area contributed by atoms with Crippen LogP contribution in [0.15, 0.2) is 24.3 Å². The van der Waals surface area contributed by atoms with Gasteiger partial charge >= 0.3 is 11.9 Å². The Morgan fingerprint density at radius 1 is 0.650 bits per heavy atom. The Morgan fingerprint density at radius 3 is 1.55 bits per heavy atom. The summed E-state index contributed by atoms with van der Waals surface area (Å²) in [6.45, 7) is 0. The molecule has 2 aliphatic rings. The highest BCUT2D eigenvalue weighted by Gasteiger charge is 2.33. The van der Waals surface area contributed by atoms with Gasteiger partial charge in [-0.3, -0.25) is 14.9 Å². The molecule has 20 heavy (non-hydrogen) atoms. The minimum absolute atomic E-state index is 0.183. The van der Waals surface area contributed by atoms with E-state index in [9.17, 15) is 19.2 Å². The normalized spacial score (nSPS) is 16.2. The van der Waals surface area contributed by atoms with Gasteiger partial charge in [-0.2, -0.15) is 0 Å². The molecule has 2 amide bonds. The highest BCUT2D eigenvalue weighted by Crippen LogP contribution is 2.34. The monoisotopic (exact) mass is 267 g/mol. The molecule has 96 valence electrons. The third kappa shape index (κ3) is 1.13. The van der Waals surface area contributed by atoms with E-state index in [2.05, 4.69) is 10.1 Å². The first-order valence-electron chi connectivity index (χ1n) is 5.80. The van der Waals surface area contributed by atoms with Crippen molar-refractivity contribution in [1.82, 2.24) is 5.32 Å². The molecule has 0 saturated carbocycles. The number of esters is 2. The van der Waals surface area contributed by atoms with Crippen LogP contribution < -0.4 is 5.32 Å². The highest BCUT2D eigenvalue weighted by atomic mass is 16.6. The number of nitrogens with one attached hydrogen (secondary N) is 1. The third-order valence-corrected chi connectivity index (χ3v) is 3.50. The molecule has 2 heterocycles. The predicted octanol–water partition coefficient (Wildman–Crippen LogP) is 1.03. The molecule has 0 aliphatic carbocycles. The Morgan fingerprint density at radius 2 is 1.05 bits per heavy atom. The molecule has 0 atom stereocenters. The van der Waals surface area contributed by atoms with E-state index < -0.39 is 23.8 Å². The third-order valence-electron chi connectivity index (χ3n) is 3.50. The van der Waals surface area contributed by atoms with E-state index in [1.165, 1.54) is 24.3 Å². The summed E-state index contributed by atoms with van der Waals surface area (Å²) >= 11 is 0. The molecule has 0 bridgehead atoms. The zero-order valence-corrected chi connectivity index (χ0v) is 9.85. The van der Waals surface area contributed by atoms with E-state index >= 15 is 0 Å². The van der Waals surface area contributed by atoms with Gasteiger partial charge in [-0.1, -0.05) is 0 Å². The van der Waals surface area contributed by atoms with Crippen molar-refractivity contribution in [2.45, 2.75) is 0 Å². The van der Waals surface area contributed by atoms with Crippen LogP contribution in [0.3, 0.4) is 0 Å². The van der Waals surface area contributed by atoms with E-state index in [1.54, 1.807) is 0 Å². The molecule has 0 unspecified atom stereocenters. The fourth-order valence-corrected chi connectivity index (χ4v) is 2.65. The number of hydrogen-bond acceptors (Lipinski definition) is 5. The van der Waals surface area contributed by atoms with Crippen molar-refractivity contribution in [3.8, 4) is 0 Å². The molecule has 0 spiro atoms. The molecule has 2 aliphatic heterocycles. The van der Waals surface area contributed by atoms with Crippen molar-refractivity contribution < 1.29 is 23.9 Å². The summed E-state index contributed by atoms with van der Waals surface area (Å²) in [5.74, 6) is -2.63. The maximum absolute atomic E-state index is 11.8. The number of amides is 2. The van der Waals surface area contributed by atoms with Gasteiger partial charge in [-0.15, -0.1) is 0 Å².